The van der Waals surface area contributed by atoms with Crippen molar-refractivity contribution in [2.75, 3.05) is 12.4 Å². The number of amides is 1. The van der Waals surface area contributed by atoms with E-state index >= 15 is 0 Å². The molecular formula is C21H17N5O3. The maximum Gasteiger partial charge on any atom is 0.384 e. The van der Waals surface area contributed by atoms with Crippen LogP contribution in [0.2, 0.25) is 0 Å². The van der Waals surface area contributed by atoms with Crippen LogP contribution in [-0.4, -0.2) is 32.9 Å². The summed E-state index contributed by atoms with van der Waals surface area (Å²) < 4.78 is 0.422. The van der Waals surface area contributed by atoms with Gasteiger partial charge in [0, 0.05) is 24.5 Å². The van der Waals surface area contributed by atoms with E-state index in [4.69, 9.17) is 0 Å². The molecule has 0 fully saturated rings. The van der Waals surface area contributed by atoms with Gasteiger partial charge in [-0.3, -0.25) is 4.79 Å². The average molecular weight is 387 g/mol. The molecular weight excluding hydrogens is 370 g/mol. The van der Waals surface area contributed by atoms with Crippen LogP contribution in [-0.2, 0) is 0 Å². The Hall–Kier alpha value is -4.20. The molecule has 2 aromatic carbocycles. The number of carbonyl (C=O) groups excluding carboxylic acids is 1. The molecule has 0 aliphatic heterocycles. The lowest BCUT2D eigenvalue weighted by Crippen LogP contribution is -2.23. The highest BCUT2D eigenvalue weighted by molar-refractivity contribution is 5.94. The van der Waals surface area contributed by atoms with Crippen molar-refractivity contribution in [2.45, 2.75) is 0 Å². The number of hydrogen-bond acceptors (Lipinski definition) is 6. The van der Waals surface area contributed by atoms with E-state index in [0.717, 1.165) is 11.1 Å². The summed E-state index contributed by atoms with van der Waals surface area (Å²) in [6, 6.07) is 18.2. The first-order valence-corrected chi connectivity index (χ1v) is 8.83. The monoisotopic (exact) mass is 387 g/mol. The number of aromatic nitrogens is 3. The Morgan fingerprint density at radius 2 is 1.83 bits per heavy atom. The van der Waals surface area contributed by atoms with E-state index in [0.29, 0.717) is 27.2 Å². The third kappa shape index (κ3) is 3.51. The molecule has 4 rings (SSSR count). The van der Waals surface area contributed by atoms with Crippen molar-refractivity contribution in [1.82, 2.24) is 20.0 Å². The minimum atomic E-state index is -0.820. The molecule has 0 saturated carbocycles. The van der Waals surface area contributed by atoms with E-state index < -0.39 is 5.69 Å². The Morgan fingerprint density at radius 3 is 2.59 bits per heavy atom. The molecule has 0 bridgehead atoms. The van der Waals surface area contributed by atoms with Gasteiger partial charge in [0.2, 0.25) is 0 Å². The van der Waals surface area contributed by atoms with Gasteiger partial charge in [-0.15, -0.1) is 4.73 Å². The zero-order valence-corrected chi connectivity index (χ0v) is 15.5. The number of rotatable bonds is 4. The number of nitrogens with zero attached hydrogens (tertiary/aromatic N) is 3. The fraction of sp³-hybridized carbons (Fsp3) is 0.0476. The summed E-state index contributed by atoms with van der Waals surface area (Å²) in [4.78, 5) is 31.6. The first-order valence-electron chi connectivity index (χ1n) is 8.83. The van der Waals surface area contributed by atoms with Crippen LogP contribution >= 0.6 is 0 Å². The van der Waals surface area contributed by atoms with E-state index in [1.807, 2.05) is 36.4 Å². The third-order valence-electron chi connectivity index (χ3n) is 4.46. The zero-order chi connectivity index (χ0) is 20.4. The molecule has 8 nitrogen and oxygen atoms in total. The van der Waals surface area contributed by atoms with Crippen LogP contribution in [0.5, 0.6) is 0 Å². The van der Waals surface area contributed by atoms with Crippen molar-refractivity contribution in [2.24, 2.45) is 0 Å². The van der Waals surface area contributed by atoms with Crippen LogP contribution in [0.25, 0.3) is 22.2 Å². The average Bonchev–Trinajstić information content (AvgIpc) is 2.77. The van der Waals surface area contributed by atoms with E-state index in [1.54, 1.807) is 31.3 Å². The van der Waals surface area contributed by atoms with Gasteiger partial charge in [-0.25, -0.2) is 9.78 Å². The highest BCUT2D eigenvalue weighted by Gasteiger charge is 2.11. The highest BCUT2D eigenvalue weighted by Crippen LogP contribution is 2.26. The Morgan fingerprint density at radius 1 is 1.03 bits per heavy atom. The first-order chi connectivity index (χ1) is 14.1. The summed E-state index contributed by atoms with van der Waals surface area (Å²) in [6.45, 7) is 0. The molecule has 0 aliphatic rings. The maximum absolute atomic E-state index is 11.9. The number of benzene rings is 2. The van der Waals surface area contributed by atoms with Gasteiger partial charge in [-0.2, -0.15) is 4.98 Å². The second-order valence-corrected chi connectivity index (χ2v) is 6.29. The topological polar surface area (TPSA) is 109 Å². The van der Waals surface area contributed by atoms with Gasteiger partial charge >= 0.3 is 5.69 Å². The summed E-state index contributed by atoms with van der Waals surface area (Å²) >= 11 is 0. The molecule has 2 aromatic heterocycles. The SMILES string of the molecule is CNC(=O)c1ccc(-c2cccc(Nc3nc(=O)n(O)c4ncccc34)c2)cc1. The predicted molar refractivity (Wildman–Crippen MR) is 110 cm³/mol. The van der Waals surface area contributed by atoms with Crippen molar-refractivity contribution in [1.29, 1.82) is 0 Å². The van der Waals surface area contributed by atoms with Crippen LogP contribution in [0.15, 0.2) is 71.7 Å². The number of hydrogen-bond donors (Lipinski definition) is 3. The highest BCUT2D eigenvalue weighted by atomic mass is 16.5. The fourth-order valence-corrected chi connectivity index (χ4v) is 3.01. The number of fused-ring (bicyclic) bond motifs is 1. The lowest BCUT2D eigenvalue weighted by atomic mass is 10.0. The van der Waals surface area contributed by atoms with Crippen molar-refractivity contribution < 1.29 is 10.0 Å². The van der Waals surface area contributed by atoms with Crippen molar-refractivity contribution in [3.8, 4) is 11.1 Å². The molecule has 3 N–H and O–H groups in total. The molecule has 4 aromatic rings. The van der Waals surface area contributed by atoms with E-state index in [9.17, 15) is 14.8 Å². The lowest BCUT2D eigenvalue weighted by molar-refractivity contribution is 0.0963. The standard InChI is InChI=1S/C21H17N5O3/c1-22-20(27)14-9-7-13(8-10-14)15-4-2-5-16(12-15)24-18-17-6-3-11-23-19(17)26(29)21(28)25-18/h2-12,29H,1H3,(H,22,27)(H,24,25,28). The summed E-state index contributed by atoms with van der Waals surface area (Å²) in [6.07, 6.45) is 1.49. The van der Waals surface area contributed by atoms with Gasteiger partial charge in [-0.1, -0.05) is 24.3 Å². The van der Waals surface area contributed by atoms with E-state index in [2.05, 4.69) is 20.6 Å². The molecule has 1 amide bonds. The fourth-order valence-electron chi connectivity index (χ4n) is 3.01. The van der Waals surface area contributed by atoms with Gasteiger partial charge in [-0.05, 0) is 47.5 Å². The molecule has 0 aliphatic carbocycles. The molecule has 29 heavy (non-hydrogen) atoms. The van der Waals surface area contributed by atoms with Crippen molar-refractivity contribution in [3.05, 3.63) is 82.9 Å². The molecule has 0 spiro atoms. The van der Waals surface area contributed by atoms with Gasteiger partial charge in [0.15, 0.2) is 5.65 Å². The second-order valence-electron chi connectivity index (χ2n) is 6.29. The molecule has 144 valence electrons. The molecule has 8 heteroatoms. The van der Waals surface area contributed by atoms with Gasteiger partial charge < -0.3 is 15.8 Å². The van der Waals surface area contributed by atoms with Gasteiger partial charge in [0.05, 0.1) is 5.39 Å². The second kappa shape index (κ2) is 7.43. The maximum atomic E-state index is 11.9. The van der Waals surface area contributed by atoms with Crippen LogP contribution in [0.3, 0.4) is 0 Å². The quantitative estimate of drug-likeness (QED) is 0.465. The number of carbonyl (C=O) groups is 1. The summed E-state index contributed by atoms with van der Waals surface area (Å²) in [5.74, 6) is 0.160. The van der Waals surface area contributed by atoms with Crippen LogP contribution in [0, 0.1) is 0 Å². The van der Waals surface area contributed by atoms with Gasteiger partial charge in [0.1, 0.15) is 5.82 Å². The Balaban J connectivity index is 1.69. The normalized spacial score (nSPS) is 10.7. The lowest BCUT2D eigenvalue weighted by Gasteiger charge is -2.11. The Labute approximate surface area is 165 Å². The largest absolute Gasteiger partial charge is 0.422 e. The van der Waals surface area contributed by atoms with Crippen LogP contribution < -0.4 is 16.3 Å². The number of pyridine rings is 1. The first kappa shape index (κ1) is 18.2. The molecule has 0 atom stereocenters. The molecule has 2 heterocycles. The number of nitrogens with one attached hydrogen (secondary N) is 2. The molecule has 0 radical (unpaired) electrons. The zero-order valence-electron chi connectivity index (χ0n) is 15.5. The van der Waals surface area contributed by atoms with Crippen LogP contribution in [0.1, 0.15) is 10.4 Å². The van der Waals surface area contributed by atoms with E-state index in [1.165, 1.54) is 6.20 Å². The molecule has 0 unspecified atom stereocenters. The van der Waals surface area contributed by atoms with E-state index in [-0.39, 0.29) is 11.6 Å². The minimum Gasteiger partial charge on any atom is -0.422 e. The minimum absolute atomic E-state index is 0.121. The number of anilines is 2. The summed E-state index contributed by atoms with van der Waals surface area (Å²) in [5, 5.41) is 16.1. The van der Waals surface area contributed by atoms with Crippen molar-refractivity contribution in [3.63, 3.8) is 0 Å². The molecule has 0 saturated heterocycles. The summed E-state index contributed by atoms with van der Waals surface area (Å²) in [5.41, 5.74) is 2.46. The van der Waals surface area contributed by atoms with Crippen LogP contribution in [0.4, 0.5) is 11.5 Å². The third-order valence-corrected chi connectivity index (χ3v) is 4.46. The summed E-state index contributed by atoms with van der Waals surface area (Å²) in [7, 11) is 1.59. The smallest absolute Gasteiger partial charge is 0.384 e. The Kier molecular flexibility index (Phi) is 4.66. The predicted octanol–water partition coefficient (Wildman–Crippen LogP) is 2.80. The Bertz CT molecular complexity index is 1270. The van der Waals surface area contributed by atoms with Crippen molar-refractivity contribution >= 4 is 28.4 Å². The van der Waals surface area contributed by atoms with Gasteiger partial charge in [0.25, 0.3) is 5.91 Å².